The van der Waals surface area contributed by atoms with Crippen molar-refractivity contribution < 1.29 is 5.11 Å². The molecule has 0 saturated heterocycles. The van der Waals surface area contributed by atoms with Gasteiger partial charge in [-0.2, -0.15) is 0 Å². The summed E-state index contributed by atoms with van der Waals surface area (Å²) >= 11 is 0. The molecule has 3 aromatic rings. The molecule has 102 valence electrons. The lowest BCUT2D eigenvalue weighted by Gasteiger charge is -2.06. The molecular formula is C17H18N2O. The first-order valence-corrected chi connectivity index (χ1v) is 6.76. The summed E-state index contributed by atoms with van der Waals surface area (Å²) in [5.41, 5.74) is 3.44. The lowest BCUT2D eigenvalue weighted by molar-refractivity contribution is 0.464. The number of aryl methyl sites for hydroxylation is 1. The summed E-state index contributed by atoms with van der Waals surface area (Å²) in [6.07, 6.45) is 2.16. The Bertz CT molecular complexity index is 731. The minimum Gasteiger partial charge on any atom is -0.508 e. The number of hydrogen-bond donors (Lipinski definition) is 2. The number of para-hydroxylation sites is 2. The van der Waals surface area contributed by atoms with Crippen molar-refractivity contribution in [3.05, 3.63) is 65.9 Å². The summed E-state index contributed by atoms with van der Waals surface area (Å²) in [4.78, 5) is 0. The van der Waals surface area contributed by atoms with Crippen LogP contribution in [0.25, 0.3) is 10.9 Å². The zero-order chi connectivity index (χ0) is 13.9. The summed E-state index contributed by atoms with van der Waals surface area (Å²) in [5.74, 6) is 0.345. The molecule has 1 aromatic heterocycles. The Morgan fingerprint density at radius 3 is 2.50 bits per heavy atom. The minimum atomic E-state index is 0.345. The van der Waals surface area contributed by atoms with E-state index in [1.165, 1.54) is 16.5 Å². The number of hydrogen-bond acceptors (Lipinski definition) is 2. The van der Waals surface area contributed by atoms with Gasteiger partial charge in [0.25, 0.3) is 0 Å². The molecule has 0 spiro atoms. The Hall–Kier alpha value is -2.26. The van der Waals surface area contributed by atoms with E-state index < -0.39 is 0 Å². The first-order valence-electron chi connectivity index (χ1n) is 6.76. The fraction of sp³-hybridized carbons (Fsp3) is 0.176. The molecule has 0 saturated carbocycles. The maximum Gasteiger partial charge on any atom is 0.120 e. The Labute approximate surface area is 118 Å². The van der Waals surface area contributed by atoms with Gasteiger partial charge in [0.1, 0.15) is 5.75 Å². The first kappa shape index (κ1) is 12.8. The van der Waals surface area contributed by atoms with Crippen LogP contribution in [-0.4, -0.2) is 9.67 Å². The normalized spacial score (nSPS) is 11.1. The maximum atomic E-state index is 9.74. The van der Waals surface area contributed by atoms with Gasteiger partial charge in [0, 0.05) is 42.8 Å². The second-order valence-corrected chi connectivity index (χ2v) is 5.01. The van der Waals surface area contributed by atoms with E-state index in [2.05, 4.69) is 47.4 Å². The Morgan fingerprint density at radius 2 is 1.65 bits per heavy atom. The number of benzene rings is 2. The number of phenolic OH excluding ortho intramolecular Hbond substituents is 1. The van der Waals surface area contributed by atoms with Gasteiger partial charge in [-0.25, -0.2) is 0 Å². The van der Waals surface area contributed by atoms with Gasteiger partial charge >= 0.3 is 0 Å². The first-order chi connectivity index (χ1) is 9.75. The molecule has 3 rings (SSSR count). The van der Waals surface area contributed by atoms with Crippen molar-refractivity contribution in [3.8, 4) is 5.75 Å². The molecule has 0 aliphatic carbocycles. The van der Waals surface area contributed by atoms with Crippen LogP contribution in [0.2, 0.25) is 0 Å². The third-order valence-corrected chi connectivity index (χ3v) is 3.60. The number of rotatable bonds is 4. The molecule has 2 N–H and O–H groups in total. The smallest absolute Gasteiger partial charge is 0.120 e. The van der Waals surface area contributed by atoms with Gasteiger partial charge in [-0.3, -0.25) is 0 Å². The fourth-order valence-corrected chi connectivity index (χ4v) is 2.56. The second-order valence-electron chi connectivity index (χ2n) is 5.01. The molecule has 0 bridgehead atoms. The van der Waals surface area contributed by atoms with E-state index in [0.717, 1.165) is 12.1 Å². The SMILES string of the molecule is Cn1cc(CNCc2ccccc2O)c2ccccc21. The summed E-state index contributed by atoms with van der Waals surface area (Å²) < 4.78 is 2.15. The quantitative estimate of drug-likeness (QED) is 0.761. The zero-order valence-corrected chi connectivity index (χ0v) is 11.5. The molecule has 0 amide bonds. The number of aromatic nitrogens is 1. The molecule has 0 aliphatic rings. The molecule has 20 heavy (non-hydrogen) atoms. The number of nitrogens with zero attached hydrogens (tertiary/aromatic N) is 1. The molecule has 3 heteroatoms. The summed E-state index contributed by atoms with van der Waals surface area (Å²) in [5, 5.41) is 14.4. The van der Waals surface area contributed by atoms with Crippen molar-refractivity contribution in [1.82, 2.24) is 9.88 Å². The van der Waals surface area contributed by atoms with Gasteiger partial charge < -0.3 is 15.0 Å². The monoisotopic (exact) mass is 266 g/mol. The van der Waals surface area contributed by atoms with Crippen LogP contribution in [-0.2, 0) is 20.1 Å². The molecule has 0 aliphatic heterocycles. The van der Waals surface area contributed by atoms with Gasteiger partial charge in [0.15, 0.2) is 0 Å². The number of fused-ring (bicyclic) bond motifs is 1. The van der Waals surface area contributed by atoms with Crippen molar-refractivity contribution in [1.29, 1.82) is 0 Å². The highest BCUT2D eigenvalue weighted by molar-refractivity contribution is 5.83. The zero-order valence-electron chi connectivity index (χ0n) is 11.5. The van der Waals surface area contributed by atoms with Crippen LogP contribution >= 0.6 is 0 Å². The summed E-state index contributed by atoms with van der Waals surface area (Å²) in [7, 11) is 2.06. The Kier molecular flexibility index (Phi) is 3.44. The summed E-state index contributed by atoms with van der Waals surface area (Å²) in [6, 6.07) is 15.8. The average molecular weight is 266 g/mol. The highest BCUT2D eigenvalue weighted by atomic mass is 16.3. The highest BCUT2D eigenvalue weighted by Crippen LogP contribution is 2.20. The average Bonchev–Trinajstić information content (AvgIpc) is 2.78. The number of nitrogens with one attached hydrogen (secondary N) is 1. The van der Waals surface area contributed by atoms with Crippen molar-refractivity contribution in [2.24, 2.45) is 7.05 Å². The third kappa shape index (κ3) is 2.40. The van der Waals surface area contributed by atoms with Gasteiger partial charge in [0.2, 0.25) is 0 Å². The molecule has 0 fully saturated rings. The van der Waals surface area contributed by atoms with Crippen LogP contribution < -0.4 is 5.32 Å². The van der Waals surface area contributed by atoms with Crippen LogP contribution in [0.4, 0.5) is 0 Å². The molecule has 3 nitrogen and oxygen atoms in total. The molecule has 1 heterocycles. The molecule has 2 aromatic carbocycles. The maximum absolute atomic E-state index is 9.74. The standard InChI is InChI=1S/C17H18N2O/c1-19-12-14(15-7-3-4-8-16(15)19)11-18-10-13-6-2-5-9-17(13)20/h2-9,12,18,20H,10-11H2,1H3. The van der Waals surface area contributed by atoms with Crippen LogP contribution in [0.3, 0.4) is 0 Å². The van der Waals surface area contributed by atoms with Gasteiger partial charge in [0.05, 0.1) is 0 Å². The lowest BCUT2D eigenvalue weighted by Crippen LogP contribution is -2.12. The van der Waals surface area contributed by atoms with E-state index in [1.807, 2.05) is 18.2 Å². The van der Waals surface area contributed by atoms with Crippen LogP contribution in [0.5, 0.6) is 5.75 Å². The van der Waals surface area contributed by atoms with E-state index in [4.69, 9.17) is 0 Å². The van der Waals surface area contributed by atoms with Crippen LogP contribution in [0.15, 0.2) is 54.7 Å². The third-order valence-electron chi connectivity index (χ3n) is 3.60. The largest absolute Gasteiger partial charge is 0.508 e. The number of phenols is 1. The molecule has 0 atom stereocenters. The van der Waals surface area contributed by atoms with Gasteiger partial charge in [-0.1, -0.05) is 36.4 Å². The molecule has 0 radical (unpaired) electrons. The summed E-state index contributed by atoms with van der Waals surface area (Å²) in [6.45, 7) is 1.45. The van der Waals surface area contributed by atoms with Crippen LogP contribution in [0.1, 0.15) is 11.1 Å². The Morgan fingerprint density at radius 1 is 0.950 bits per heavy atom. The van der Waals surface area contributed by atoms with Crippen molar-refractivity contribution in [2.75, 3.05) is 0 Å². The van der Waals surface area contributed by atoms with Crippen molar-refractivity contribution in [3.63, 3.8) is 0 Å². The van der Waals surface area contributed by atoms with E-state index in [0.29, 0.717) is 12.3 Å². The van der Waals surface area contributed by atoms with E-state index in [-0.39, 0.29) is 0 Å². The molecular weight excluding hydrogens is 248 g/mol. The predicted molar refractivity (Wildman–Crippen MR) is 81.6 cm³/mol. The topological polar surface area (TPSA) is 37.2 Å². The van der Waals surface area contributed by atoms with E-state index in [9.17, 15) is 5.11 Å². The Balaban J connectivity index is 1.73. The minimum absolute atomic E-state index is 0.345. The lowest BCUT2D eigenvalue weighted by atomic mass is 10.1. The van der Waals surface area contributed by atoms with Gasteiger partial charge in [-0.15, -0.1) is 0 Å². The second kappa shape index (κ2) is 5.39. The highest BCUT2D eigenvalue weighted by Gasteiger charge is 2.05. The van der Waals surface area contributed by atoms with E-state index >= 15 is 0 Å². The van der Waals surface area contributed by atoms with Crippen molar-refractivity contribution >= 4 is 10.9 Å². The van der Waals surface area contributed by atoms with Crippen molar-refractivity contribution in [2.45, 2.75) is 13.1 Å². The number of aromatic hydroxyl groups is 1. The fourth-order valence-electron chi connectivity index (χ4n) is 2.56. The van der Waals surface area contributed by atoms with Crippen LogP contribution in [0, 0.1) is 0 Å². The molecule has 0 unspecified atom stereocenters. The predicted octanol–water partition coefficient (Wildman–Crippen LogP) is 3.17. The van der Waals surface area contributed by atoms with Gasteiger partial charge in [-0.05, 0) is 17.7 Å². The van der Waals surface area contributed by atoms with E-state index in [1.54, 1.807) is 6.07 Å².